The lowest BCUT2D eigenvalue weighted by Gasteiger charge is -2.21. The number of amides is 1. The number of hydrogen-bond acceptors (Lipinski definition) is 5. The van der Waals surface area contributed by atoms with E-state index in [-0.39, 0.29) is 23.2 Å². The fourth-order valence-electron chi connectivity index (χ4n) is 3.07. The summed E-state index contributed by atoms with van der Waals surface area (Å²) in [5.41, 5.74) is 1.89. The van der Waals surface area contributed by atoms with Crippen molar-refractivity contribution < 1.29 is 18.0 Å². The minimum Gasteiger partial charge on any atom is -0.447 e. The van der Waals surface area contributed by atoms with Crippen LogP contribution in [0.4, 0.5) is 8.78 Å². The van der Waals surface area contributed by atoms with Gasteiger partial charge in [-0.15, -0.1) is 0 Å². The standard InChI is InChI=1S/C23H26F2N4O2/c1-28(2)11-10-26-23(30)21-16-31-22(27-21)15-29(13-17-6-8-19(24)9-7-17)14-18-4-3-5-20(25)12-18/h3-9,12,16H,10-11,13-15H2,1-2H3,(H,26,30). The molecule has 0 saturated heterocycles. The minimum atomic E-state index is -0.313. The molecular weight excluding hydrogens is 402 g/mol. The van der Waals surface area contributed by atoms with Gasteiger partial charge >= 0.3 is 0 Å². The van der Waals surface area contributed by atoms with E-state index >= 15 is 0 Å². The van der Waals surface area contributed by atoms with Crippen LogP contribution in [0.5, 0.6) is 0 Å². The summed E-state index contributed by atoms with van der Waals surface area (Å²) in [7, 11) is 3.85. The van der Waals surface area contributed by atoms with Gasteiger partial charge in [0.15, 0.2) is 5.69 Å². The van der Waals surface area contributed by atoms with Gasteiger partial charge in [0.05, 0.1) is 6.54 Å². The van der Waals surface area contributed by atoms with Crippen molar-refractivity contribution in [1.82, 2.24) is 20.1 Å². The zero-order valence-corrected chi connectivity index (χ0v) is 17.6. The smallest absolute Gasteiger partial charge is 0.273 e. The van der Waals surface area contributed by atoms with Crippen molar-refractivity contribution in [2.24, 2.45) is 0 Å². The molecule has 1 heterocycles. The zero-order chi connectivity index (χ0) is 22.2. The van der Waals surface area contributed by atoms with E-state index in [4.69, 9.17) is 4.42 Å². The average Bonchev–Trinajstić information content (AvgIpc) is 3.18. The van der Waals surface area contributed by atoms with E-state index in [2.05, 4.69) is 10.3 Å². The Morgan fingerprint density at radius 3 is 2.45 bits per heavy atom. The Balaban J connectivity index is 1.69. The van der Waals surface area contributed by atoms with Gasteiger partial charge in [0.2, 0.25) is 5.89 Å². The number of carbonyl (C=O) groups excluding carboxylic acids is 1. The summed E-state index contributed by atoms with van der Waals surface area (Å²) in [6.45, 7) is 2.43. The van der Waals surface area contributed by atoms with E-state index < -0.39 is 0 Å². The lowest BCUT2D eigenvalue weighted by atomic mass is 10.1. The Kier molecular flexibility index (Phi) is 7.86. The first kappa shape index (κ1) is 22.6. The fraction of sp³-hybridized carbons (Fsp3) is 0.304. The SMILES string of the molecule is CN(C)CCNC(=O)c1coc(CN(Cc2ccc(F)cc2)Cc2cccc(F)c2)n1. The molecule has 0 unspecified atom stereocenters. The monoisotopic (exact) mass is 428 g/mol. The Hall–Kier alpha value is -3.10. The van der Waals surface area contributed by atoms with Crippen LogP contribution in [0.1, 0.15) is 27.5 Å². The number of hydrogen-bond donors (Lipinski definition) is 1. The molecule has 0 radical (unpaired) electrons. The summed E-state index contributed by atoms with van der Waals surface area (Å²) in [4.78, 5) is 20.5. The molecule has 0 aliphatic rings. The average molecular weight is 428 g/mol. The molecule has 1 amide bonds. The van der Waals surface area contributed by atoms with E-state index in [0.717, 1.165) is 17.7 Å². The van der Waals surface area contributed by atoms with E-state index in [1.807, 2.05) is 30.0 Å². The summed E-state index contributed by atoms with van der Waals surface area (Å²) in [6, 6.07) is 12.6. The van der Waals surface area contributed by atoms with Gasteiger partial charge in [0.25, 0.3) is 5.91 Å². The Labute approximate surface area is 180 Å². The predicted molar refractivity (Wildman–Crippen MR) is 113 cm³/mol. The molecule has 0 spiro atoms. The molecule has 1 aromatic heterocycles. The predicted octanol–water partition coefficient (Wildman–Crippen LogP) is 3.45. The molecule has 1 N–H and O–H groups in total. The molecule has 0 aliphatic heterocycles. The van der Waals surface area contributed by atoms with Gasteiger partial charge in [-0.3, -0.25) is 9.69 Å². The fourth-order valence-corrected chi connectivity index (χ4v) is 3.07. The second kappa shape index (κ2) is 10.8. The number of nitrogens with one attached hydrogen (secondary N) is 1. The van der Waals surface area contributed by atoms with Crippen LogP contribution in [0.25, 0.3) is 0 Å². The summed E-state index contributed by atoms with van der Waals surface area (Å²) >= 11 is 0. The maximum absolute atomic E-state index is 13.6. The number of likely N-dealkylation sites (N-methyl/N-ethyl adjacent to an activating group) is 1. The molecule has 0 aliphatic carbocycles. The maximum Gasteiger partial charge on any atom is 0.273 e. The first-order valence-corrected chi connectivity index (χ1v) is 9.97. The highest BCUT2D eigenvalue weighted by Crippen LogP contribution is 2.15. The van der Waals surface area contributed by atoms with E-state index in [1.54, 1.807) is 18.2 Å². The molecule has 2 aromatic carbocycles. The van der Waals surface area contributed by atoms with Crippen LogP contribution >= 0.6 is 0 Å². The highest BCUT2D eigenvalue weighted by molar-refractivity contribution is 5.91. The lowest BCUT2D eigenvalue weighted by Crippen LogP contribution is -2.31. The van der Waals surface area contributed by atoms with Gasteiger partial charge in [-0.25, -0.2) is 13.8 Å². The van der Waals surface area contributed by atoms with Crippen LogP contribution in [0.2, 0.25) is 0 Å². The number of aromatic nitrogens is 1. The van der Waals surface area contributed by atoms with Crippen LogP contribution in [0.3, 0.4) is 0 Å². The molecule has 6 nitrogen and oxygen atoms in total. The van der Waals surface area contributed by atoms with Crippen LogP contribution in [0.15, 0.2) is 59.2 Å². The van der Waals surface area contributed by atoms with Crippen LogP contribution in [0, 0.1) is 11.6 Å². The van der Waals surface area contributed by atoms with Crippen molar-refractivity contribution in [3.63, 3.8) is 0 Å². The summed E-state index contributed by atoms with van der Waals surface area (Å²) in [5, 5.41) is 2.79. The zero-order valence-electron chi connectivity index (χ0n) is 17.6. The molecule has 164 valence electrons. The third-order valence-corrected chi connectivity index (χ3v) is 4.60. The molecule has 0 saturated carbocycles. The highest BCUT2D eigenvalue weighted by atomic mass is 19.1. The molecule has 3 aromatic rings. The molecule has 0 atom stereocenters. The molecule has 3 rings (SSSR count). The van der Waals surface area contributed by atoms with Crippen molar-refractivity contribution >= 4 is 5.91 Å². The number of nitrogens with zero attached hydrogens (tertiary/aromatic N) is 3. The molecule has 31 heavy (non-hydrogen) atoms. The molecule has 0 fully saturated rings. The summed E-state index contributed by atoms with van der Waals surface area (Å²) < 4.78 is 32.4. The van der Waals surface area contributed by atoms with Crippen molar-refractivity contribution in [1.29, 1.82) is 0 Å². The van der Waals surface area contributed by atoms with Crippen molar-refractivity contribution in [2.45, 2.75) is 19.6 Å². The third kappa shape index (κ3) is 7.27. The topological polar surface area (TPSA) is 61.6 Å². The lowest BCUT2D eigenvalue weighted by molar-refractivity contribution is 0.0946. The van der Waals surface area contributed by atoms with Gasteiger partial charge in [-0.2, -0.15) is 0 Å². The van der Waals surface area contributed by atoms with Gasteiger partial charge in [0.1, 0.15) is 17.9 Å². The summed E-state index contributed by atoms with van der Waals surface area (Å²) in [6.07, 6.45) is 1.33. The van der Waals surface area contributed by atoms with Crippen molar-refractivity contribution in [3.8, 4) is 0 Å². The van der Waals surface area contributed by atoms with Crippen LogP contribution in [-0.2, 0) is 19.6 Å². The number of carbonyl (C=O) groups is 1. The highest BCUT2D eigenvalue weighted by Gasteiger charge is 2.16. The van der Waals surface area contributed by atoms with Crippen LogP contribution in [-0.4, -0.2) is 47.9 Å². The first-order valence-electron chi connectivity index (χ1n) is 9.97. The largest absolute Gasteiger partial charge is 0.447 e. The van der Waals surface area contributed by atoms with Crippen LogP contribution < -0.4 is 5.32 Å². The second-order valence-electron chi connectivity index (χ2n) is 7.59. The number of benzene rings is 2. The van der Waals surface area contributed by atoms with E-state index in [1.165, 1.54) is 30.5 Å². The number of rotatable bonds is 10. The Morgan fingerprint density at radius 1 is 1.00 bits per heavy atom. The Morgan fingerprint density at radius 2 is 1.74 bits per heavy atom. The number of oxazole rings is 1. The third-order valence-electron chi connectivity index (χ3n) is 4.60. The van der Waals surface area contributed by atoms with Gasteiger partial charge < -0.3 is 14.6 Å². The molecule has 8 heteroatoms. The van der Waals surface area contributed by atoms with E-state index in [9.17, 15) is 13.6 Å². The van der Waals surface area contributed by atoms with Gasteiger partial charge in [0, 0.05) is 26.2 Å². The molecular formula is C23H26F2N4O2. The minimum absolute atomic E-state index is 0.209. The van der Waals surface area contributed by atoms with Crippen molar-refractivity contribution in [3.05, 3.63) is 89.1 Å². The maximum atomic E-state index is 13.6. The van der Waals surface area contributed by atoms with Gasteiger partial charge in [-0.05, 0) is 49.5 Å². The second-order valence-corrected chi connectivity index (χ2v) is 7.59. The quantitative estimate of drug-likeness (QED) is 0.536. The Bertz CT molecular complexity index is 989. The van der Waals surface area contributed by atoms with E-state index in [0.29, 0.717) is 32.1 Å². The van der Waals surface area contributed by atoms with Crippen molar-refractivity contribution in [2.75, 3.05) is 27.2 Å². The normalized spacial score (nSPS) is 11.3. The summed E-state index contributed by atoms with van der Waals surface area (Å²) in [5.74, 6) is -0.548. The number of halogens is 2. The molecule has 0 bridgehead atoms. The van der Waals surface area contributed by atoms with Gasteiger partial charge in [-0.1, -0.05) is 24.3 Å². The first-order chi connectivity index (χ1) is 14.9.